The Hall–Kier alpha value is -1.40. The first-order chi connectivity index (χ1) is 9.68. The van der Waals surface area contributed by atoms with Crippen molar-refractivity contribution in [3.63, 3.8) is 0 Å². The molecule has 3 N–H and O–H groups in total. The van der Waals surface area contributed by atoms with E-state index in [-0.39, 0.29) is 16.7 Å². The van der Waals surface area contributed by atoms with E-state index in [0.717, 1.165) is 16.8 Å². The van der Waals surface area contributed by atoms with Crippen molar-refractivity contribution < 1.29 is 13.2 Å². The van der Waals surface area contributed by atoms with Gasteiger partial charge in [-0.05, 0) is 42.0 Å². The Morgan fingerprint density at radius 2 is 1.67 bits per heavy atom. The molecule has 1 aromatic carbocycles. The van der Waals surface area contributed by atoms with Crippen molar-refractivity contribution in [2.75, 3.05) is 5.32 Å². The Balaban J connectivity index is 3.28. The molecule has 0 spiro atoms. The minimum atomic E-state index is -3.74. The number of anilines is 1. The molecule has 1 aromatic rings. The van der Waals surface area contributed by atoms with Crippen LogP contribution in [0.4, 0.5) is 5.69 Å². The molecule has 1 amide bonds. The zero-order valence-electron chi connectivity index (χ0n) is 13.1. The van der Waals surface area contributed by atoms with E-state index < -0.39 is 10.0 Å². The summed E-state index contributed by atoms with van der Waals surface area (Å²) >= 11 is 0. The van der Waals surface area contributed by atoms with E-state index in [2.05, 4.69) is 5.32 Å². The number of carbonyl (C=O) groups excluding carboxylic acids is 1. The molecule has 0 atom stereocenters. The molecule has 21 heavy (non-hydrogen) atoms. The van der Waals surface area contributed by atoms with Crippen molar-refractivity contribution in [3.8, 4) is 0 Å². The number of nitrogens with two attached hydrogens (primary N) is 1. The molecule has 0 radical (unpaired) electrons. The molecule has 0 heterocycles. The van der Waals surface area contributed by atoms with Gasteiger partial charge in [0.2, 0.25) is 15.9 Å². The number of nitrogens with one attached hydrogen (secondary N) is 1. The van der Waals surface area contributed by atoms with Gasteiger partial charge in [-0.15, -0.1) is 0 Å². The third kappa shape index (κ3) is 4.82. The third-order valence-electron chi connectivity index (χ3n) is 3.22. The van der Waals surface area contributed by atoms with E-state index in [1.165, 1.54) is 0 Å². The highest BCUT2D eigenvalue weighted by atomic mass is 32.2. The summed E-state index contributed by atoms with van der Waals surface area (Å²) in [6.45, 7) is 7.79. The van der Waals surface area contributed by atoms with Crippen LogP contribution in [0.2, 0.25) is 0 Å². The van der Waals surface area contributed by atoms with Crippen molar-refractivity contribution in [3.05, 3.63) is 23.3 Å². The van der Waals surface area contributed by atoms with Gasteiger partial charge in [0.1, 0.15) is 0 Å². The maximum Gasteiger partial charge on any atom is 0.238 e. The van der Waals surface area contributed by atoms with Gasteiger partial charge in [0, 0.05) is 12.1 Å². The van der Waals surface area contributed by atoms with Crippen LogP contribution in [0.1, 0.15) is 45.2 Å². The van der Waals surface area contributed by atoms with Gasteiger partial charge < -0.3 is 5.32 Å². The number of hydrogen-bond acceptors (Lipinski definition) is 3. The van der Waals surface area contributed by atoms with Crippen LogP contribution < -0.4 is 10.5 Å². The molecule has 0 fully saturated rings. The first-order valence-corrected chi connectivity index (χ1v) is 8.72. The summed E-state index contributed by atoms with van der Waals surface area (Å²) in [5.41, 5.74) is 2.30. The Bertz CT molecular complexity index is 597. The minimum absolute atomic E-state index is 0.0576. The van der Waals surface area contributed by atoms with Crippen LogP contribution in [-0.4, -0.2) is 14.3 Å². The summed E-state index contributed by atoms with van der Waals surface area (Å²) in [4.78, 5) is 12.1. The smallest absolute Gasteiger partial charge is 0.238 e. The number of rotatable bonds is 6. The van der Waals surface area contributed by atoms with Crippen molar-refractivity contribution in [1.29, 1.82) is 0 Å². The van der Waals surface area contributed by atoms with Crippen LogP contribution in [0.3, 0.4) is 0 Å². The lowest BCUT2D eigenvalue weighted by molar-refractivity contribution is -0.116. The number of sulfonamides is 1. The van der Waals surface area contributed by atoms with Crippen molar-refractivity contribution in [2.24, 2.45) is 11.1 Å². The van der Waals surface area contributed by atoms with E-state index in [4.69, 9.17) is 5.14 Å². The van der Waals surface area contributed by atoms with Gasteiger partial charge in [0.05, 0.1) is 4.90 Å². The average Bonchev–Trinajstić information content (AvgIpc) is 2.36. The second-order valence-corrected chi connectivity index (χ2v) is 7.08. The molecule has 0 bridgehead atoms. The fourth-order valence-corrected chi connectivity index (χ4v) is 2.79. The van der Waals surface area contributed by atoms with Crippen LogP contribution in [0, 0.1) is 5.92 Å². The van der Waals surface area contributed by atoms with E-state index in [9.17, 15) is 13.2 Å². The van der Waals surface area contributed by atoms with Gasteiger partial charge >= 0.3 is 0 Å². The molecule has 0 aliphatic rings. The summed E-state index contributed by atoms with van der Waals surface area (Å²) in [6.07, 6.45) is 1.67. The number of carbonyl (C=O) groups is 1. The minimum Gasteiger partial charge on any atom is -0.326 e. The van der Waals surface area contributed by atoms with Crippen LogP contribution in [-0.2, 0) is 27.7 Å². The first kappa shape index (κ1) is 17.7. The normalized spacial score (nSPS) is 11.7. The highest BCUT2D eigenvalue weighted by molar-refractivity contribution is 7.89. The summed E-state index contributed by atoms with van der Waals surface area (Å²) < 4.78 is 23.1. The molecule has 0 aliphatic heterocycles. The van der Waals surface area contributed by atoms with Crippen molar-refractivity contribution >= 4 is 21.6 Å². The molecule has 0 unspecified atom stereocenters. The number of aryl methyl sites for hydroxylation is 2. The van der Waals surface area contributed by atoms with Crippen LogP contribution >= 0.6 is 0 Å². The topological polar surface area (TPSA) is 89.3 Å². The number of primary sulfonamides is 1. The summed E-state index contributed by atoms with van der Waals surface area (Å²) in [6, 6.07) is 3.08. The SMILES string of the molecule is CCc1cc(S(N)(=O)=O)cc(CC)c1NC(=O)CC(C)C. The van der Waals surface area contributed by atoms with Gasteiger partial charge in [0.15, 0.2) is 0 Å². The van der Waals surface area contributed by atoms with Gasteiger partial charge in [0.25, 0.3) is 0 Å². The summed E-state index contributed by atoms with van der Waals surface area (Å²) in [5.74, 6) is 0.210. The van der Waals surface area contributed by atoms with E-state index in [0.29, 0.717) is 19.3 Å². The van der Waals surface area contributed by atoms with Crippen LogP contribution in [0.5, 0.6) is 0 Å². The first-order valence-electron chi connectivity index (χ1n) is 7.17. The predicted octanol–water partition coefficient (Wildman–Crippen LogP) is 2.44. The molecule has 0 saturated heterocycles. The van der Waals surface area contributed by atoms with Crippen LogP contribution in [0.15, 0.2) is 17.0 Å². The fraction of sp³-hybridized carbons (Fsp3) is 0.533. The third-order valence-corrected chi connectivity index (χ3v) is 4.12. The van der Waals surface area contributed by atoms with E-state index in [1.54, 1.807) is 12.1 Å². The molecular formula is C15H24N2O3S. The Kier molecular flexibility index (Phi) is 5.92. The van der Waals surface area contributed by atoms with Gasteiger partial charge in [-0.3, -0.25) is 4.79 Å². The summed E-state index contributed by atoms with van der Waals surface area (Å²) in [5, 5.41) is 8.12. The zero-order valence-corrected chi connectivity index (χ0v) is 13.9. The standard InChI is InChI=1S/C15H24N2O3S/c1-5-11-8-13(21(16,19)20)9-12(6-2)15(11)17-14(18)7-10(3)4/h8-10H,5-7H2,1-4H3,(H,17,18)(H2,16,19,20). The molecule has 0 aromatic heterocycles. The second-order valence-electron chi connectivity index (χ2n) is 5.51. The Labute approximate surface area is 127 Å². The molecule has 1 rings (SSSR count). The highest BCUT2D eigenvalue weighted by Gasteiger charge is 2.17. The van der Waals surface area contributed by atoms with E-state index in [1.807, 2.05) is 27.7 Å². The molecule has 6 heteroatoms. The quantitative estimate of drug-likeness (QED) is 0.845. The van der Waals surface area contributed by atoms with Crippen molar-refractivity contribution in [1.82, 2.24) is 0 Å². The maximum absolute atomic E-state index is 12.0. The monoisotopic (exact) mass is 312 g/mol. The largest absolute Gasteiger partial charge is 0.326 e. The molecule has 0 aliphatic carbocycles. The molecular weight excluding hydrogens is 288 g/mol. The maximum atomic E-state index is 12.0. The lowest BCUT2D eigenvalue weighted by Gasteiger charge is -2.17. The fourth-order valence-electron chi connectivity index (χ4n) is 2.18. The highest BCUT2D eigenvalue weighted by Crippen LogP contribution is 2.27. The van der Waals surface area contributed by atoms with Gasteiger partial charge in [-0.2, -0.15) is 0 Å². The Morgan fingerprint density at radius 3 is 2.00 bits per heavy atom. The second kappa shape index (κ2) is 7.04. The number of amides is 1. The number of benzene rings is 1. The molecule has 0 saturated carbocycles. The lowest BCUT2D eigenvalue weighted by Crippen LogP contribution is -2.18. The molecule has 5 nitrogen and oxygen atoms in total. The van der Waals surface area contributed by atoms with Crippen molar-refractivity contribution in [2.45, 2.75) is 51.9 Å². The van der Waals surface area contributed by atoms with Gasteiger partial charge in [-0.1, -0.05) is 27.7 Å². The van der Waals surface area contributed by atoms with E-state index >= 15 is 0 Å². The zero-order chi connectivity index (χ0) is 16.2. The lowest BCUT2D eigenvalue weighted by atomic mass is 10.0. The Morgan fingerprint density at radius 1 is 1.19 bits per heavy atom. The van der Waals surface area contributed by atoms with Gasteiger partial charge in [-0.25, -0.2) is 13.6 Å². The average molecular weight is 312 g/mol. The number of hydrogen-bond donors (Lipinski definition) is 2. The summed E-state index contributed by atoms with van der Waals surface area (Å²) in [7, 11) is -3.74. The predicted molar refractivity (Wildman–Crippen MR) is 84.7 cm³/mol. The van der Waals surface area contributed by atoms with Crippen LogP contribution in [0.25, 0.3) is 0 Å². The molecule has 118 valence electrons.